The maximum absolute atomic E-state index is 6.70. The monoisotopic (exact) mass is 462 g/mol. The Hall–Kier alpha value is -0.475. The Bertz CT molecular complexity index is 832. The molecular weight excluding hydrogens is 423 g/mol. The zero-order valence-electron chi connectivity index (χ0n) is 21.1. The average Bonchev–Trinajstić information content (AvgIpc) is 3.26. The van der Waals surface area contributed by atoms with Gasteiger partial charge in [-0.1, -0.05) is 11.6 Å². The van der Waals surface area contributed by atoms with Gasteiger partial charge in [-0.2, -0.15) is 0 Å². The summed E-state index contributed by atoms with van der Waals surface area (Å²) in [6.07, 6.45) is 3.23. The molecule has 0 N–H and O–H groups in total. The first-order chi connectivity index (χ1) is 15.4. The van der Waals surface area contributed by atoms with E-state index >= 15 is 0 Å². The summed E-state index contributed by atoms with van der Waals surface area (Å²) in [5, 5.41) is 0. The van der Waals surface area contributed by atoms with Gasteiger partial charge in [0.25, 0.3) is 0 Å². The molecule has 0 radical (unpaired) electrons. The smallest absolute Gasteiger partial charge is 0.403 e. The van der Waals surface area contributed by atoms with Gasteiger partial charge in [-0.3, -0.25) is 0 Å². The standard InChI is InChI=1S/C25H39BO7/c1-15-8-17(26-32-21(2,3)22(4,5)33-26)20-24(11-28-14-29-12-24)18-9-19(31-23(6,7)30-18)25(20)13-27-10-16(15)25/h8,16-20H,9-14H2,1-7H3/t16-,17-,18+,19-,20-,25-/m0/s1. The Labute approximate surface area is 197 Å². The summed E-state index contributed by atoms with van der Waals surface area (Å²) in [6.45, 7) is 17.7. The fraction of sp³-hybridized carbons (Fsp3) is 0.920. The van der Waals surface area contributed by atoms with Crippen LogP contribution in [-0.2, 0) is 33.0 Å². The van der Waals surface area contributed by atoms with E-state index in [0.29, 0.717) is 32.5 Å². The molecule has 0 amide bonds. The third-order valence-corrected chi connectivity index (χ3v) is 9.89. The van der Waals surface area contributed by atoms with Crippen LogP contribution in [0.25, 0.3) is 0 Å². The molecule has 6 aliphatic rings. The zero-order valence-corrected chi connectivity index (χ0v) is 21.1. The molecule has 5 fully saturated rings. The topological polar surface area (TPSA) is 64.6 Å². The minimum absolute atomic E-state index is 0.0213. The van der Waals surface area contributed by atoms with E-state index in [1.54, 1.807) is 0 Å². The van der Waals surface area contributed by atoms with Gasteiger partial charge in [0.05, 0.1) is 49.8 Å². The lowest BCUT2D eigenvalue weighted by Crippen LogP contribution is -2.73. The second-order valence-corrected chi connectivity index (χ2v) is 12.7. The molecule has 1 saturated carbocycles. The predicted molar refractivity (Wildman–Crippen MR) is 121 cm³/mol. The van der Waals surface area contributed by atoms with Crippen molar-refractivity contribution >= 4 is 7.12 Å². The first kappa shape index (κ1) is 23.0. The Morgan fingerprint density at radius 2 is 1.48 bits per heavy atom. The minimum Gasteiger partial charge on any atom is -0.403 e. The Morgan fingerprint density at radius 3 is 2.15 bits per heavy atom. The van der Waals surface area contributed by atoms with Crippen LogP contribution in [0.4, 0.5) is 0 Å². The van der Waals surface area contributed by atoms with E-state index in [-0.39, 0.29) is 41.9 Å². The van der Waals surface area contributed by atoms with Gasteiger partial charge in [0.1, 0.15) is 6.79 Å². The molecule has 4 aliphatic heterocycles. The molecule has 6 atom stereocenters. The van der Waals surface area contributed by atoms with Gasteiger partial charge < -0.3 is 33.0 Å². The average molecular weight is 462 g/mol. The summed E-state index contributed by atoms with van der Waals surface area (Å²) in [5.74, 6) is -0.233. The summed E-state index contributed by atoms with van der Waals surface area (Å²) >= 11 is 0. The van der Waals surface area contributed by atoms with Crippen molar-refractivity contribution in [1.82, 2.24) is 0 Å². The van der Waals surface area contributed by atoms with Crippen molar-refractivity contribution in [2.24, 2.45) is 22.7 Å². The first-order valence-electron chi connectivity index (χ1n) is 12.5. The van der Waals surface area contributed by atoms with E-state index in [1.165, 1.54) is 5.57 Å². The van der Waals surface area contributed by atoms with E-state index in [4.69, 9.17) is 33.0 Å². The highest BCUT2D eigenvalue weighted by Gasteiger charge is 2.74. The number of hydrogen-bond acceptors (Lipinski definition) is 7. The minimum atomic E-state index is -0.667. The van der Waals surface area contributed by atoms with Gasteiger partial charge in [-0.05, 0) is 54.4 Å². The van der Waals surface area contributed by atoms with E-state index < -0.39 is 17.0 Å². The maximum atomic E-state index is 6.70. The Balaban J connectivity index is 1.52. The predicted octanol–water partition coefficient (Wildman–Crippen LogP) is 3.57. The molecule has 0 aromatic heterocycles. The summed E-state index contributed by atoms with van der Waals surface area (Å²) in [6, 6.07) is 0. The van der Waals surface area contributed by atoms with E-state index in [2.05, 4.69) is 40.7 Å². The quantitative estimate of drug-likeness (QED) is 0.436. The summed E-state index contributed by atoms with van der Waals surface area (Å²) in [5.41, 5.74) is 0.0219. The zero-order chi connectivity index (χ0) is 23.4. The van der Waals surface area contributed by atoms with Crippen LogP contribution in [0.1, 0.15) is 54.9 Å². The van der Waals surface area contributed by atoms with Crippen molar-refractivity contribution in [3.8, 4) is 0 Å². The van der Waals surface area contributed by atoms with Crippen molar-refractivity contribution in [3.63, 3.8) is 0 Å². The number of rotatable bonds is 1. The maximum Gasteiger partial charge on any atom is 0.465 e. The highest BCUT2D eigenvalue weighted by Crippen LogP contribution is 2.69. The molecule has 6 rings (SSSR count). The van der Waals surface area contributed by atoms with Crippen molar-refractivity contribution in [2.45, 2.75) is 89.9 Å². The lowest BCUT2D eigenvalue weighted by Gasteiger charge is -2.67. The molecule has 33 heavy (non-hydrogen) atoms. The molecule has 0 aromatic rings. The molecule has 4 saturated heterocycles. The number of fused-ring (bicyclic) bond motifs is 4. The van der Waals surface area contributed by atoms with Crippen molar-refractivity contribution in [1.29, 1.82) is 0 Å². The van der Waals surface area contributed by atoms with Crippen LogP contribution in [0.2, 0.25) is 5.82 Å². The lowest BCUT2D eigenvalue weighted by atomic mass is 9.39. The highest BCUT2D eigenvalue weighted by atomic mass is 16.7. The van der Waals surface area contributed by atoms with Crippen LogP contribution >= 0.6 is 0 Å². The molecular formula is C25H39BO7. The van der Waals surface area contributed by atoms with Gasteiger partial charge in [0.2, 0.25) is 0 Å². The largest absolute Gasteiger partial charge is 0.465 e. The molecule has 2 aliphatic carbocycles. The van der Waals surface area contributed by atoms with Crippen LogP contribution in [0, 0.1) is 22.7 Å². The highest BCUT2D eigenvalue weighted by molar-refractivity contribution is 6.48. The van der Waals surface area contributed by atoms with Gasteiger partial charge in [-0.15, -0.1) is 0 Å². The fourth-order valence-corrected chi connectivity index (χ4v) is 7.88. The molecule has 184 valence electrons. The van der Waals surface area contributed by atoms with E-state index in [1.807, 2.05) is 13.8 Å². The van der Waals surface area contributed by atoms with Crippen LogP contribution in [0.15, 0.2) is 11.6 Å². The number of hydrogen-bond donors (Lipinski definition) is 0. The summed E-state index contributed by atoms with van der Waals surface area (Å²) < 4.78 is 45.1. The van der Waals surface area contributed by atoms with Crippen LogP contribution in [0.3, 0.4) is 0 Å². The molecule has 0 aromatic carbocycles. The Morgan fingerprint density at radius 1 is 0.848 bits per heavy atom. The third kappa shape index (κ3) is 3.01. The first-order valence-corrected chi connectivity index (χ1v) is 12.5. The second-order valence-electron chi connectivity index (χ2n) is 12.7. The normalized spacial score (nSPS) is 46.6. The van der Waals surface area contributed by atoms with Crippen molar-refractivity contribution < 1.29 is 33.0 Å². The van der Waals surface area contributed by atoms with Crippen molar-refractivity contribution in [2.75, 3.05) is 33.2 Å². The molecule has 2 bridgehead atoms. The third-order valence-electron chi connectivity index (χ3n) is 9.89. The molecule has 4 heterocycles. The summed E-state index contributed by atoms with van der Waals surface area (Å²) in [4.78, 5) is 0. The van der Waals surface area contributed by atoms with Gasteiger partial charge in [-0.25, -0.2) is 0 Å². The SMILES string of the molecule is CC1=C[C@H](B2OC(C)(C)C(C)(C)O2)[C@H]2C3(COCOC3)[C@H]3C[C@H](OC(C)(C)O3)[C@@]23COC[C@@H]13. The molecule has 8 heteroatoms. The second kappa shape index (κ2) is 7.06. The summed E-state index contributed by atoms with van der Waals surface area (Å²) in [7, 11) is -0.362. The lowest BCUT2D eigenvalue weighted by molar-refractivity contribution is -0.394. The molecule has 7 nitrogen and oxygen atoms in total. The van der Waals surface area contributed by atoms with Crippen LogP contribution in [-0.4, -0.2) is 69.5 Å². The van der Waals surface area contributed by atoms with E-state index in [9.17, 15) is 0 Å². The fourth-order valence-electron chi connectivity index (χ4n) is 7.88. The Kier molecular flexibility index (Phi) is 4.91. The van der Waals surface area contributed by atoms with Crippen LogP contribution in [0.5, 0.6) is 0 Å². The van der Waals surface area contributed by atoms with Gasteiger partial charge in [0, 0.05) is 29.0 Å². The van der Waals surface area contributed by atoms with E-state index in [0.717, 1.165) is 13.0 Å². The molecule has 2 spiro atoms. The van der Waals surface area contributed by atoms with Gasteiger partial charge in [0.15, 0.2) is 5.79 Å². The van der Waals surface area contributed by atoms with Crippen LogP contribution < -0.4 is 0 Å². The van der Waals surface area contributed by atoms with Gasteiger partial charge >= 0.3 is 7.12 Å². The number of ether oxygens (including phenoxy) is 5. The van der Waals surface area contributed by atoms with Crippen molar-refractivity contribution in [3.05, 3.63) is 11.6 Å². The molecule has 0 unspecified atom stereocenters. The number of allylic oxidation sites excluding steroid dienone is 1.